The highest BCUT2D eigenvalue weighted by Gasteiger charge is 2.09. The van der Waals surface area contributed by atoms with Crippen molar-refractivity contribution in [2.24, 2.45) is 0 Å². The van der Waals surface area contributed by atoms with Crippen molar-refractivity contribution in [1.29, 1.82) is 0 Å². The number of anilines is 1. The van der Waals surface area contributed by atoms with E-state index in [1.807, 2.05) is 42.5 Å². The van der Waals surface area contributed by atoms with Crippen LogP contribution < -0.4 is 5.32 Å². The first-order valence-electron chi connectivity index (χ1n) is 6.31. The molecule has 0 unspecified atom stereocenters. The fraction of sp³-hybridized carbons (Fsp3) is 0.267. The summed E-state index contributed by atoms with van der Waals surface area (Å²) in [7, 11) is 1.93. The Hall–Kier alpha value is -1.36. The molecule has 0 bridgehead atoms. The van der Waals surface area contributed by atoms with Crippen molar-refractivity contribution < 1.29 is 4.79 Å². The van der Waals surface area contributed by atoms with E-state index in [-0.39, 0.29) is 5.91 Å². The fourth-order valence-corrected chi connectivity index (χ4v) is 2.84. The molecule has 0 radical (unpaired) electrons. The normalized spacial score (nSPS) is 10.8. The lowest BCUT2D eigenvalue weighted by atomic mass is 10.2. The number of carbonyl (C=O) groups excluding carboxylic acids is 1. The van der Waals surface area contributed by atoms with Crippen molar-refractivity contribution in [3.05, 3.63) is 51.2 Å². The summed E-state index contributed by atoms with van der Waals surface area (Å²) in [5, 5.41) is 5.56. The number of nitrogens with one attached hydrogen (secondary N) is 1. The molecule has 0 aliphatic heterocycles. The highest BCUT2D eigenvalue weighted by Crippen LogP contribution is 2.20. The van der Waals surface area contributed by atoms with E-state index in [4.69, 9.17) is 11.6 Å². The predicted octanol–water partition coefficient (Wildman–Crippen LogP) is 3.78. The molecule has 0 saturated carbocycles. The Morgan fingerprint density at radius 1 is 1.40 bits per heavy atom. The van der Waals surface area contributed by atoms with Gasteiger partial charge in [0.05, 0.1) is 6.54 Å². The van der Waals surface area contributed by atoms with Crippen LogP contribution in [0, 0.1) is 6.92 Å². The molecule has 1 aromatic heterocycles. The summed E-state index contributed by atoms with van der Waals surface area (Å²) in [6.45, 7) is 3.07. The molecule has 0 atom stereocenters. The molecule has 0 aliphatic rings. The summed E-state index contributed by atoms with van der Waals surface area (Å²) in [6.07, 6.45) is 0. The standard InChI is InChI=1S/C15H17ClN2OS/c1-11-5-6-12(16)8-14(11)17-15(19)10-18(2)9-13-4-3-7-20-13/h3-8H,9-10H2,1-2H3,(H,17,19). The maximum Gasteiger partial charge on any atom is 0.238 e. The number of halogens is 1. The van der Waals surface area contributed by atoms with Gasteiger partial charge in [0.1, 0.15) is 0 Å². The largest absolute Gasteiger partial charge is 0.325 e. The molecule has 0 aliphatic carbocycles. The van der Waals surface area contributed by atoms with Gasteiger partial charge in [-0.1, -0.05) is 23.7 Å². The van der Waals surface area contributed by atoms with Gasteiger partial charge < -0.3 is 5.32 Å². The Labute approximate surface area is 128 Å². The summed E-state index contributed by atoms with van der Waals surface area (Å²) >= 11 is 7.64. The zero-order valence-electron chi connectivity index (χ0n) is 11.5. The molecule has 0 spiro atoms. The van der Waals surface area contributed by atoms with E-state index in [9.17, 15) is 4.79 Å². The molecule has 106 valence electrons. The van der Waals surface area contributed by atoms with Crippen LogP contribution in [-0.2, 0) is 11.3 Å². The Kier molecular flexibility index (Phi) is 5.17. The van der Waals surface area contributed by atoms with Crippen LogP contribution in [0.2, 0.25) is 5.02 Å². The molecule has 0 fully saturated rings. The third-order valence-corrected chi connectivity index (χ3v) is 3.99. The smallest absolute Gasteiger partial charge is 0.238 e. The highest BCUT2D eigenvalue weighted by molar-refractivity contribution is 7.09. The van der Waals surface area contributed by atoms with Crippen LogP contribution in [0.25, 0.3) is 0 Å². The number of likely N-dealkylation sites (N-methyl/N-ethyl adjacent to an activating group) is 1. The van der Waals surface area contributed by atoms with Crippen molar-refractivity contribution in [2.45, 2.75) is 13.5 Å². The lowest BCUT2D eigenvalue weighted by Crippen LogP contribution is -2.29. The number of nitrogens with zero attached hydrogens (tertiary/aromatic N) is 1. The van der Waals surface area contributed by atoms with Gasteiger partial charge in [0.2, 0.25) is 5.91 Å². The zero-order valence-corrected chi connectivity index (χ0v) is 13.1. The average molecular weight is 309 g/mol. The van der Waals surface area contributed by atoms with Gasteiger partial charge >= 0.3 is 0 Å². The van der Waals surface area contributed by atoms with Gasteiger partial charge in [-0.3, -0.25) is 9.69 Å². The third kappa shape index (κ3) is 4.34. The second-order valence-electron chi connectivity index (χ2n) is 4.76. The van der Waals surface area contributed by atoms with Crippen molar-refractivity contribution in [2.75, 3.05) is 18.9 Å². The number of benzene rings is 1. The van der Waals surface area contributed by atoms with Crippen molar-refractivity contribution >= 4 is 34.5 Å². The quantitative estimate of drug-likeness (QED) is 0.911. The minimum atomic E-state index is -0.0329. The number of thiophene rings is 1. The van der Waals surface area contributed by atoms with Crippen molar-refractivity contribution in [3.8, 4) is 0 Å². The summed E-state index contributed by atoms with van der Waals surface area (Å²) in [5.41, 5.74) is 1.77. The first-order valence-corrected chi connectivity index (χ1v) is 7.57. The SMILES string of the molecule is Cc1ccc(Cl)cc1NC(=O)CN(C)Cc1cccs1. The van der Waals surface area contributed by atoms with Gasteiger partial charge in [-0.25, -0.2) is 0 Å². The zero-order chi connectivity index (χ0) is 14.5. The number of hydrogen-bond donors (Lipinski definition) is 1. The first-order chi connectivity index (χ1) is 9.54. The van der Waals surface area contributed by atoms with Gasteiger partial charge in [0.25, 0.3) is 0 Å². The molecule has 5 heteroatoms. The molecule has 2 rings (SSSR count). The van der Waals surface area contributed by atoms with Gasteiger partial charge in [-0.2, -0.15) is 0 Å². The number of amides is 1. The minimum absolute atomic E-state index is 0.0329. The van der Waals surface area contributed by atoms with Crippen LogP contribution in [0.3, 0.4) is 0 Å². The van der Waals surface area contributed by atoms with Crippen LogP contribution in [-0.4, -0.2) is 24.4 Å². The van der Waals surface area contributed by atoms with Crippen LogP contribution in [0.1, 0.15) is 10.4 Å². The van der Waals surface area contributed by atoms with Crippen molar-refractivity contribution in [1.82, 2.24) is 4.90 Å². The molecular weight excluding hydrogens is 292 g/mol. The van der Waals surface area contributed by atoms with E-state index in [2.05, 4.69) is 11.4 Å². The molecule has 1 aromatic carbocycles. The second-order valence-corrected chi connectivity index (χ2v) is 6.23. The Bertz CT molecular complexity index is 584. The first kappa shape index (κ1) is 15.0. The van der Waals surface area contributed by atoms with Crippen molar-refractivity contribution in [3.63, 3.8) is 0 Å². The van der Waals surface area contributed by atoms with Crippen LogP contribution >= 0.6 is 22.9 Å². The lowest BCUT2D eigenvalue weighted by Gasteiger charge is -2.16. The maximum absolute atomic E-state index is 12.0. The maximum atomic E-state index is 12.0. The number of rotatable bonds is 5. The van der Waals surface area contributed by atoms with E-state index in [1.165, 1.54) is 4.88 Å². The molecule has 20 heavy (non-hydrogen) atoms. The van der Waals surface area contributed by atoms with E-state index in [1.54, 1.807) is 17.4 Å². The van der Waals surface area contributed by atoms with Gasteiger partial charge in [-0.05, 0) is 43.1 Å². The highest BCUT2D eigenvalue weighted by atomic mass is 35.5. The fourth-order valence-electron chi connectivity index (χ4n) is 1.89. The van der Waals surface area contributed by atoms with Gasteiger partial charge in [-0.15, -0.1) is 11.3 Å². The monoisotopic (exact) mass is 308 g/mol. The van der Waals surface area contributed by atoms with E-state index >= 15 is 0 Å². The molecule has 1 heterocycles. The van der Waals surface area contributed by atoms with Crippen LogP contribution in [0.5, 0.6) is 0 Å². The van der Waals surface area contributed by atoms with Gasteiger partial charge in [0.15, 0.2) is 0 Å². The number of aryl methyl sites for hydroxylation is 1. The van der Waals surface area contributed by atoms with E-state index < -0.39 is 0 Å². The Balaban J connectivity index is 1.90. The molecule has 1 amide bonds. The Morgan fingerprint density at radius 3 is 2.90 bits per heavy atom. The van der Waals surface area contributed by atoms with E-state index in [0.717, 1.165) is 17.8 Å². The number of carbonyl (C=O) groups is 1. The molecule has 3 nitrogen and oxygen atoms in total. The van der Waals surface area contributed by atoms with Crippen LogP contribution in [0.15, 0.2) is 35.7 Å². The van der Waals surface area contributed by atoms with Gasteiger partial charge in [0, 0.05) is 22.1 Å². The molecule has 2 aromatic rings. The average Bonchev–Trinajstić information content (AvgIpc) is 2.86. The third-order valence-electron chi connectivity index (χ3n) is 2.89. The minimum Gasteiger partial charge on any atom is -0.325 e. The summed E-state index contributed by atoms with van der Waals surface area (Å²) in [5.74, 6) is -0.0329. The lowest BCUT2D eigenvalue weighted by molar-refractivity contribution is -0.117. The summed E-state index contributed by atoms with van der Waals surface area (Å²) in [4.78, 5) is 15.3. The molecule has 0 saturated heterocycles. The topological polar surface area (TPSA) is 32.3 Å². The molecular formula is C15H17ClN2OS. The molecule has 1 N–H and O–H groups in total. The van der Waals surface area contributed by atoms with E-state index in [0.29, 0.717) is 11.6 Å². The number of hydrogen-bond acceptors (Lipinski definition) is 3. The van der Waals surface area contributed by atoms with Crippen LogP contribution in [0.4, 0.5) is 5.69 Å². The predicted molar refractivity (Wildman–Crippen MR) is 85.5 cm³/mol. The summed E-state index contributed by atoms with van der Waals surface area (Å²) < 4.78 is 0. The summed E-state index contributed by atoms with van der Waals surface area (Å²) in [6, 6.07) is 9.57. The second kappa shape index (κ2) is 6.88. The Morgan fingerprint density at radius 2 is 2.20 bits per heavy atom.